The maximum absolute atomic E-state index is 11.3. The highest BCUT2D eigenvalue weighted by atomic mass is 16.3. The van der Waals surface area contributed by atoms with Gasteiger partial charge in [0.15, 0.2) is 5.78 Å². The van der Waals surface area contributed by atoms with Gasteiger partial charge in [-0.05, 0) is 6.07 Å². The second kappa shape index (κ2) is 2.60. The average Bonchev–Trinajstić information content (AvgIpc) is 2.07. The first kappa shape index (κ1) is 7.31. The molecule has 3 heteroatoms. The summed E-state index contributed by atoms with van der Waals surface area (Å²) >= 11 is 0. The Morgan fingerprint density at radius 2 is 2.17 bits per heavy atom. The van der Waals surface area contributed by atoms with Gasteiger partial charge in [-0.3, -0.25) is 4.79 Å². The Kier molecular flexibility index (Phi) is 1.59. The first-order chi connectivity index (χ1) is 5.79. The molecule has 2 N–H and O–H groups in total. The van der Waals surface area contributed by atoms with E-state index in [2.05, 4.69) is 5.32 Å². The molecule has 1 aromatic rings. The summed E-state index contributed by atoms with van der Waals surface area (Å²) in [5.74, 6) is 0.250. The Balaban J connectivity index is 2.59. The molecule has 1 aromatic carbocycles. The van der Waals surface area contributed by atoms with E-state index in [9.17, 15) is 9.90 Å². The van der Waals surface area contributed by atoms with E-state index < -0.39 is 0 Å². The Hall–Kier alpha value is -1.35. The number of hydrogen-bond donors (Lipinski definition) is 2. The smallest absolute Gasteiger partial charge is 0.177 e. The molecule has 62 valence electrons. The van der Waals surface area contributed by atoms with Crippen molar-refractivity contribution < 1.29 is 9.90 Å². The lowest BCUT2D eigenvalue weighted by atomic mass is 9.99. The number of benzene rings is 1. The van der Waals surface area contributed by atoms with Gasteiger partial charge in [0.05, 0.1) is 6.54 Å². The summed E-state index contributed by atoms with van der Waals surface area (Å²) < 4.78 is 0. The van der Waals surface area contributed by atoms with E-state index in [1.54, 1.807) is 18.2 Å². The van der Waals surface area contributed by atoms with Crippen LogP contribution in [-0.2, 0) is 6.54 Å². The molecule has 0 amide bonds. The van der Waals surface area contributed by atoms with Crippen LogP contribution in [0.25, 0.3) is 0 Å². The summed E-state index contributed by atoms with van der Waals surface area (Å²) in [6.45, 7) is 0.949. The highest BCUT2D eigenvalue weighted by Crippen LogP contribution is 2.23. The molecule has 2 rings (SSSR count). The minimum atomic E-state index is 0.0483. The zero-order chi connectivity index (χ0) is 8.55. The molecule has 1 heterocycles. The van der Waals surface area contributed by atoms with Gasteiger partial charge in [-0.2, -0.15) is 0 Å². The van der Waals surface area contributed by atoms with Crippen molar-refractivity contribution in [1.29, 1.82) is 0 Å². The lowest BCUT2D eigenvalue weighted by molar-refractivity contribution is 0.0981. The van der Waals surface area contributed by atoms with Crippen LogP contribution in [0.15, 0.2) is 18.2 Å². The maximum atomic E-state index is 11.3. The average molecular weight is 163 g/mol. The number of phenols is 1. The molecule has 0 aliphatic carbocycles. The normalized spacial score (nSPS) is 15.8. The summed E-state index contributed by atoms with van der Waals surface area (Å²) in [6, 6.07) is 5.04. The third-order valence-electron chi connectivity index (χ3n) is 2.04. The van der Waals surface area contributed by atoms with Gasteiger partial charge in [0.2, 0.25) is 0 Å². The van der Waals surface area contributed by atoms with Crippen molar-refractivity contribution in [2.75, 3.05) is 6.54 Å². The zero-order valence-corrected chi connectivity index (χ0v) is 6.50. The lowest BCUT2D eigenvalue weighted by Gasteiger charge is -2.16. The standard InChI is InChI=1S/C9H9NO2/c11-8-3-1-2-6-7(8)4-10-5-9(6)12/h1-3,10-11H,4-5H2. The van der Waals surface area contributed by atoms with E-state index in [4.69, 9.17) is 0 Å². The van der Waals surface area contributed by atoms with Crippen LogP contribution in [0.1, 0.15) is 15.9 Å². The largest absolute Gasteiger partial charge is 0.508 e. The van der Waals surface area contributed by atoms with Crippen LogP contribution < -0.4 is 5.32 Å². The fraction of sp³-hybridized carbons (Fsp3) is 0.222. The highest BCUT2D eigenvalue weighted by molar-refractivity contribution is 6.00. The number of Topliss-reactive ketones (excluding diaryl/α,β-unsaturated/α-hetero) is 1. The third-order valence-corrected chi connectivity index (χ3v) is 2.04. The molecule has 0 unspecified atom stereocenters. The van der Waals surface area contributed by atoms with Crippen LogP contribution >= 0.6 is 0 Å². The molecular formula is C9H9NO2. The van der Waals surface area contributed by atoms with Gasteiger partial charge < -0.3 is 10.4 Å². The molecule has 3 nitrogen and oxygen atoms in total. The molecule has 1 aliphatic heterocycles. The van der Waals surface area contributed by atoms with Gasteiger partial charge in [0, 0.05) is 17.7 Å². The Morgan fingerprint density at radius 3 is 2.92 bits per heavy atom. The van der Waals surface area contributed by atoms with Crippen molar-refractivity contribution in [2.24, 2.45) is 0 Å². The molecule has 1 aliphatic rings. The van der Waals surface area contributed by atoms with Crippen molar-refractivity contribution >= 4 is 5.78 Å². The molecule has 0 radical (unpaired) electrons. The highest BCUT2D eigenvalue weighted by Gasteiger charge is 2.18. The van der Waals surface area contributed by atoms with E-state index >= 15 is 0 Å². The number of carbonyl (C=O) groups is 1. The van der Waals surface area contributed by atoms with Gasteiger partial charge in [-0.15, -0.1) is 0 Å². The number of aromatic hydroxyl groups is 1. The van der Waals surface area contributed by atoms with Crippen LogP contribution in [0.4, 0.5) is 0 Å². The van der Waals surface area contributed by atoms with Crippen molar-refractivity contribution in [3.05, 3.63) is 29.3 Å². The maximum Gasteiger partial charge on any atom is 0.177 e. The number of nitrogens with one attached hydrogen (secondary N) is 1. The van der Waals surface area contributed by atoms with E-state index in [1.165, 1.54) is 0 Å². The van der Waals surface area contributed by atoms with Gasteiger partial charge in [-0.25, -0.2) is 0 Å². The first-order valence-corrected chi connectivity index (χ1v) is 3.84. The predicted octanol–water partition coefficient (Wildman–Crippen LogP) is 0.678. The van der Waals surface area contributed by atoms with Crippen LogP contribution in [0, 0.1) is 0 Å². The molecule has 12 heavy (non-hydrogen) atoms. The molecule has 0 saturated heterocycles. The Bertz CT molecular complexity index is 333. The number of phenolic OH excluding ortho intramolecular Hbond substituents is 1. The topological polar surface area (TPSA) is 49.3 Å². The van der Waals surface area contributed by atoms with Gasteiger partial charge >= 0.3 is 0 Å². The number of carbonyl (C=O) groups excluding carboxylic acids is 1. The molecule has 0 fully saturated rings. The van der Waals surface area contributed by atoms with Crippen molar-refractivity contribution in [3.63, 3.8) is 0 Å². The van der Waals surface area contributed by atoms with Crippen molar-refractivity contribution in [1.82, 2.24) is 5.32 Å². The fourth-order valence-corrected chi connectivity index (χ4v) is 1.42. The second-order valence-corrected chi connectivity index (χ2v) is 2.83. The summed E-state index contributed by atoms with van der Waals surface area (Å²) in [4.78, 5) is 11.3. The minimum absolute atomic E-state index is 0.0483. The monoisotopic (exact) mass is 163 g/mol. The van der Waals surface area contributed by atoms with E-state index in [0.717, 1.165) is 0 Å². The summed E-state index contributed by atoms with van der Waals surface area (Å²) in [6.07, 6.45) is 0. The molecular weight excluding hydrogens is 154 g/mol. The lowest BCUT2D eigenvalue weighted by Crippen LogP contribution is -2.29. The second-order valence-electron chi connectivity index (χ2n) is 2.83. The number of rotatable bonds is 0. The third kappa shape index (κ3) is 0.987. The minimum Gasteiger partial charge on any atom is -0.508 e. The first-order valence-electron chi connectivity index (χ1n) is 3.84. The van der Waals surface area contributed by atoms with Crippen molar-refractivity contribution in [3.8, 4) is 5.75 Å². The molecule has 0 spiro atoms. The SMILES string of the molecule is O=C1CNCc2c(O)cccc21. The number of ketones is 1. The van der Waals surface area contributed by atoms with Crippen LogP contribution in [0.5, 0.6) is 5.75 Å². The van der Waals surface area contributed by atoms with Crippen LogP contribution in [0.3, 0.4) is 0 Å². The Labute approximate surface area is 70.0 Å². The van der Waals surface area contributed by atoms with Crippen molar-refractivity contribution in [2.45, 2.75) is 6.54 Å². The van der Waals surface area contributed by atoms with E-state index in [1.807, 2.05) is 0 Å². The van der Waals surface area contributed by atoms with Gasteiger partial charge in [0.25, 0.3) is 0 Å². The van der Waals surface area contributed by atoms with Gasteiger partial charge in [-0.1, -0.05) is 12.1 Å². The van der Waals surface area contributed by atoms with E-state index in [-0.39, 0.29) is 11.5 Å². The van der Waals surface area contributed by atoms with E-state index in [0.29, 0.717) is 24.2 Å². The number of fused-ring (bicyclic) bond motifs is 1. The molecule has 0 saturated carbocycles. The summed E-state index contributed by atoms with van der Waals surface area (Å²) in [5.41, 5.74) is 1.36. The predicted molar refractivity (Wildman–Crippen MR) is 44.1 cm³/mol. The fourth-order valence-electron chi connectivity index (χ4n) is 1.42. The quantitative estimate of drug-likeness (QED) is 0.591. The Morgan fingerprint density at radius 1 is 1.33 bits per heavy atom. The molecule has 0 aromatic heterocycles. The summed E-state index contributed by atoms with van der Waals surface area (Å²) in [5, 5.41) is 12.3. The molecule has 0 atom stereocenters. The van der Waals surface area contributed by atoms with Crippen LogP contribution in [0.2, 0.25) is 0 Å². The van der Waals surface area contributed by atoms with Gasteiger partial charge in [0.1, 0.15) is 5.75 Å². The summed E-state index contributed by atoms with van der Waals surface area (Å²) in [7, 11) is 0. The molecule has 0 bridgehead atoms. The van der Waals surface area contributed by atoms with Crippen LogP contribution in [-0.4, -0.2) is 17.4 Å². The number of hydrogen-bond acceptors (Lipinski definition) is 3. The zero-order valence-electron chi connectivity index (χ0n) is 6.50.